The topological polar surface area (TPSA) is 94.7 Å². The zero-order chi connectivity index (χ0) is 42.9. The lowest BCUT2D eigenvalue weighted by atomic mass is 9.80. The molecule has 1 unspecified atom stereocenters. The number of ketones is 2. The van der Waals surface area contributed by atoms with Crippen molar-refractivity contribution in [3.63, 3.8) is 0 Å². The number of fused-ring (bicyclic) bond motifs is 9. The molecule has 3 aromatic heterocycles. The molecule has 1 aliphatic carbocycles. The molecule has 4 aliphatic rings. The van der Waals surface area contributed by atoms with Crippen molar-refractivity contribution in [3.8, 4) is 44.5 Å². The number of nitrogens with zero attached hydrogens (tertiary/aromatic N) is 3. The number of aromatic nitrogens is 4. The normalized spacial score (nSPS) is 15.6. The average Bonchev–Trinajstić information content (AvgIpc) is 4.21. The summed E-state index contributed by atoms with van der Waals surface area (Å²) in [5, 5.41) is 0. The molecule has 7 heteroatoms. The fraction of sp³-hybridized carbons (Fsp3) is 0.0526. The molecule has 5 aromatic carbocycles. The molecular weight excluding hydrogens is 787 g/mol. The van der Waals surface area contributed by atoms with Crippen LogP contribution >= 0.6 is 0 Å². The van der Waals surface area contributed by atoms with Gasteiger partial charge in [0.25, 0.3) is 0 Å². The molecule has 3 aliphatic heterocycles. The summed E-state index contributed by atoms with van der Waals surface area (Å²) < 4.78 is 0. The van der Waals surface area contributed by atoms with Gasteiger partial charge in [0, 0.05) is 78.7 Å². The van der Waals surface area contributed by atoms with Gasteiger partial charge in [0.15, 0.2) is 11.6 Å². The van der Waals surface area contributed by atoms with E-state index in [1.54, 1.807) is 12.1 Å². The van der Waals surface area contributed by atoms with Crippen molar-refractivity contribution >= 4 is 57.4 Å². The minimum absolute atomic E-state index is 0.0957. The molecule has 8 bridgehead atoms. The second-order valence-electron chi connectivity index (χ2n) is 16.6. The number of benzene rings is 5. The molecule has 0 fully saturated rings. The summed E-state index contributed by atoms with van der Waals surface area (Å²) in [6.07, 6.45) is 6.36. The van der Waals surface area contributed by atoms with Crippen molar-refractivity contribution in [2.75, 3.05) is 13.6 Å². The first-order chi connectivity index (χ1) is 31.5. The van der Waals surface area contributed by atoms with Gasteiger partial charge >= 0.3 is 0 Å². The summed E-state index contributed by atoms with van der Waals surface area (Å²) in [7, 11) is 2.00. The SMILES string of the molecule is CN1CC2=C(C(=O)c3ccccc3C2=O)C1C1=Cc2nc1c(-c1ccccc1)c1ccc([nH]1)c(-c1ccccc1)c1nc(c(-c3ccccc3)c3ccc([nH]3)c2-c2ccccc2)C=C1. The molecule has 1 atom stereocenters. The first kappa shape index (κ1) is 37.5. The number of aromatic amines is 2. The highest BCUT2D eigenvalue weighted by Gasteiger charge is 2.45. The van der Waals surface area contributed by atoms with Gasteiger partial charge in [0.1, 0.15) is 0 Å². The van der Waals surface area contributed by atoms with E-state index in [1.165, 1.54) is 0 Å². The van der Waals surface area contributed by atoms with Crippen molar-refractivity contribution in [2.45, 2.75) is 6.04 Å². The van der Waals surface area contributed by atoms with Crippen molar-refractivity contribution in [2.24, 2.45) is 0 Å². The van der Waals surface area contributed by atoms with Crippen LogP contribution in [0.3, 0.4) is 0 Å². The first-order valence-corrected chi connectivity index (χ1v) is 21.5. The smallest absolute Gasteiger partial charge is 0.192 e. The van der Waals surface area contributed by atoms with Gasteiger partial charge in [0.05, 0.1) is 28.8 Å². The van der Waals surface area contributed by atoms with Crippen molar-refractivity contribution in [1.29, 1.82) is 0 Å². The minimum atomic E-state index is -0.557. The summed E-state index contributed by atoms with van der Waals surface area (Å²) in [4.78, 5) is 50.0. The van der Waals surface area contributed by atoms with E-state index in [-0.39, 0.29) is 11.6 Å². The number of hydrogen-bond acceptors (Lipinski definition) is 5. The molecule has 8 aromatic rings. The van der Waals surface area contributed by atoms with Gasteiger partial charge in [-0.1, -0.05) is 146 Å². The zero-order valence-corrected chi connectivity index (χ0v) is 34.8. The predicted octanol–water partition coefficient (Wildman–Crippen LogP) is 12.4. The molecular formula is C57H39N5O2. The van der Waals surface area contributed by atoms with E-state index >= 15 is 0 Å². The van der Waals surface area contributed by atoms with Crippen LogP contribution in [0.4, 0.5) is 0 Å². The Morgan fingerprint density at radius 2 is 0.875 bits per heavy atom. The van der Waals surface area contributed by atoms with E-state index < -0.39 is 6.04 Å². The summed E-state index contributed by atoms with van der Waals surface area (Å²) in [6, 6.07) is 56.5. The van der Waals surface area contributed by atoms with Crippen molar-refractivity contribution in [3.05, 3.63) is 215 Å². The number of rotatable bonds is 5. The molecule has 7 nitrogen and oxygen atoms in total. The fourth-order valence-corrected chi connectivity index (χ4v) is 9.99. The van der Waals surface area contributed by atoms with E-state index in [4.69, 9.17) is 9.97 Å². The van der Waals surface area contributed by atoms with Gasteiger partial charge in [-0.15, -0.1) is 0 Å². The van der Waals surface area contributed by atoms with E-state index in [9.17, 15) is 9.59 Å². The monoisotopic (exact) mass is 825 g/mol. The average molecular weight is 826 g/mol. The molecule has 304 valence electrons. The van der Waals surface area contributed by atoms with Crippen LogP contribution in [0.2, 0.25) is 0 Å². The number of nitrogens with one attached hydrogen (secondary N) is 2. The Bertz CT molecular complexity index is 3510. The summed E-state index contributed by atoms with van der Waals surface area (Å²) in [6.45, 7) is 0.337. The Labute approximate surface area is 369 Å². The van der Waals surface area contributed by atoms with E-state index in [2.05, 4.69) is 130 Å². The maximum absolute atomic E-state index is 14.8. The summed E-state index contributed by atoms with van der Waals surface area (Å²) in [5.74, 6) is -0.217. The van der Waals surface area contributed by atoms with E-state index in [1.807, 2.05) is 67.7 Å². The molecule has 0 saturated heterocycles. The van der Waals surface area contributed by atoms with Crippen LogP contribution in [-0.2, 0) is 0 Å². The Morgan fingerprint density at radius 1 is 0.469 bits per heavy atom. The van der Waals surface area contributed by atoms with Crippen LogP contribution in [0.1, 0.15) is 43.5 Å². The quantitative estimate of drug-likeness (QED) is 0.180. The highest BCUT2D eigenvalue weighted by molar-refractivity contribution is 6.29. The van der Waals surface area contributed by atoms with Crippen LogP contribution in [0.25, 0.3) is 90.4 Å². The van der Waals surface area contributed by atoms with E-state index in [0.29, 0.717) is 28.8 Å². The lowest BCUT2D eigenvalue weighted by molar-refractivity contribution is 0.0975. The first-order valence-electron chi connectivity index (χ1n) is 21.5. The van der Waals surface area contributed by atoms with Crippen LogP contribution in [-0.4, -0.2) is 56.0 Å². The Balaban J connectivity index is 1.25. The van der Waals surface area contributed by atoms with Gasteiger partial charge < -0.3 is 9.97 Å². The molecule has 64 heavy (non-hydrogen) atoms. The van der Waals surface area contributed by atoms with Gasteiger partial charge in [-0.05, 0) is 71.8 Å². The van der Waals surface area contributed by atoms with E-state index in [0.717, 1.165) is 94.9 Å². The second kappa shape index (κ2) is 15.0. The Hall–Kier alpha value is -8.26. The number of hydrogen-bond donors (Lipinski definition) is 2. The maximum Gasteiger partial charge on any atom is 0.192 e. The number of carbonyl (C=O) groups is 2. The highest BCUT2D eigenvalue weighted by atomic mass is 16.1. The highest BCUT2D eigenvalue weighted by Crippen LogP contribution is 2.46. The van der Waals surface area contributed by atoms with Crippen molar-refractivity contribution < 1.29 is 9.59 Å². The summed E-state index contributed by atoms with van der Waals surface area (Å²) in [5.41, 5.74) is 17.2. The second-order valence-corrected chi connectivity index (χ2v) is 16.6. The third-order valence-electron chi connectivity index (χ3n) is 12.8. The lowest BCUT2D eigenvalue weighted by Gasteiger charge is -2.25. The van der Waals surface area contributed by atoms with Gasteiger partial charge in [-0.3, -0.25) is 14.5 Å². The molecule has 0 spiro atoms. The van der Waals surface area contributed by atoms with Crippen LogP contribution < -0.4 is 0 Å². The minimum Gasteiger partial charge on any atom is -0.354 e. The zero-order valence-electron chi connectivity index (χ0n) is 34.8. The Morgan fingerprint density at radius 3 is 1.36 bits per heavy atom. The summed E-state index contributed by atoms with van der Waals surface area (Å²) >= 11 is 0. The largest absolute Gasteiger partial charge is 0.354 e. The number of carbonyl (C=O) groups excluding carboxylic acids is 2. The predicted molar refractivity (Wildman–Crippen MR) is 258 cm³/mol. The van der Waals surface area contributed by atoms with Gasteiger partial charge in [-0.25, -0.2) is 9.97 Å². The molecule has 0 radical (unpaired) electrons. The van der Waals surface area contributed by atoms with Crippen molar-refractivity contribution in [1.82, 2.24) is 24.8 Å². The molecule has 2 N–H and O–H groups in total. The number of likely N-dealkylation sites (N-methyl/N-ethyl adjacent to an activating group) is 1. The van der Waals surface area contributed by atoms with Gasteiger partial charge in [0.2, 0.25) is 0 Å². The molecule has 0 amide bonds. The van der Waals surface area contributed by atoms with Crippen LogP contribution in [0, 0.1) is 0 Å². The van der Waals surface area contributed by atoms with Crippen LogP contribution in [0.15, 0.2) is 181 Å². The maximum atomic E-state index is 14.8. The molecule has 6 heterocycles. The Kier molecular flexibility index (Phi) is 8.77. The number of H-pyrrole nitrogens is 2. The van der Waals surface area contributed by atoms with Crippen LogP contribution in [0.5, 0.6) is 0 Å². The molecule has 0 saturated carbocycles. The molecule has 12 rings (SSSR count). The fourth-order valence-electron chi connectivity index (χ4n) is 9.99. The lowest BCUT2D eigenvalue weighted by Crippen LogP contribution is -2.31. The standard InChI is InChI=1S/C57H39N5O2/c1-62-33-41-53(57(64)39-25-15-14-24-38(39)56(41)63)55(62)40-32-48-51(36-20-10-4-11-21-36)46-29-28-44(59-46)49(34-16-6-2-7-17-34)42-26-27-43(58-42)50(35-18-8-3-9-19-35)45-30-31-47(60-45)52(54(40)61-48)37-22-12-5-13-23-37/h2-32,55,59-60H,33H2,1H3. The van der Waals surface area contributed by atoms with Gasteiger partial charge in [-0.2, -0.15) is 0 Å². The third kappa shape index (κ3) is 6.01. The number of Topliss-reactive ketones (excluding diaryl/α,β-unsaturated/α-hetero) is 2. The third-order valence-corrected chi connectivity index (χ3v) is 12.8.